The molecule has 7 heteroatoms. The van der Waals surface area contributed by atoms with Crippen molar-refractivity contribution in [3.63, 3.8) is 0 Å². The Morgan fingerprint density at radius 3 is 2.52 bits per heavy atom. The smallest absolute Gasteiger partial charge is 0.325 e. The Morgan fingerprint density at radius 2 is 1.95 bits per heavy atom. The van der Waals surface area contributed by atoms with Crippen LogP contribution in [0.4, 0.5) is 0 Å². The second kappa shape index (κ2) is 8.41. The molecule has 0 fully saturated rings. The molecule has 1 rings (SSSR count). The van der Waals surface area contributed by atoms with E-state index in [9.17, 15) is 14.4 Å². The highest BCUT2D eigenvalue weighted by molar-refractivity contribution is 9.10. The minimum atomic E-state index is -0.498. The number of amides is 2. The summed E-state index contributed by atoms with van der Waals surface area (Å²) < 4.78 is 5.17. The van der Waals surface area contributed by atoms with Gasteiger partial charge in [-0.1, -0.05) is 12.1 Å². The van der Waals surface area contributed by atoms with Crippen LogP contribution in [0.2, 0.25) is 0 Å². The summed E-state index contributed by atoms with van der Waals surface area (Å²) in [6, 6.07) is 6.92. The summed E-state index contributed by atoms with van der Waals surface area (Å²) >= 11 is 3.27. The molecule has 114 valence electrons. The first-order chi connectivity index (χ1) is 9.99. The summed E-state index contributed by atoms with van der Waals surface area (Å²) in [5.74, 6) is -1.20. The van der Waals surface area contributed by atoms with E-state index in [1.165, 1.54) is 12.0 Å². The zero-order valence-electron chi connectivity index (χ0n) is 11.9. The molecule has 0 aliphatic carbocycles. The lowest BCUT2D eigenvalue weighted by atomic mass is 10.2. The van der Waals surface area contributed by atoms with Crippen LogP contribution in [0.5, 0.6) is 0 Å². The van der Waals surface area contributed by atoms with Gasteiger partial charge in [-0.2, -0.15) is 0 Å². The van der Waals surface area contributed by atoms with Crippen molar-refractivity contribution in [3.05, 3.63) is 34.3 Å². The molecule has 0 aromatic heterocycles. The van der Waals surface area contributed by atoms with Gasteiger partial charge in [0.2, 0.25) is 5.91 Å². The first-order valence-corrected chi connectivity index (χ1v) is 7.16. The molecule has 2 amide bonds. The third-order valence-corrected chi connectivity index (χ3v) is 3.49. The third kappa shape index (κ3) is 5.18. The Morgan fingerprint density at radius 1 is 1.29 bits per heavy atom. The first-order valence-electron chi connectivity index (χ1n) is 6.36. The van der Waals surface area contributed by atoms with Crippen LogP contribution < -0.4 is 5.32 Å². The summed E-state index contributed by atoms with van der Waals surface area (Å²) in [6.07, 6.45) is 0. The van der Waals surface area contributed by atoms with Crippen LogP contribution in [0.1, 0.15) is 17.3 Å². The van der Waals surface area contributed by atoms with E-state index in [1.807, 2.05) is 0 Å². The molecule has 0 saturated carbocycles. The van der Waals surface area contributed by atoms with Crippen LogP contribution in [0.25, 0.3) is 0 Å². The molecule has 6 nitrogen and oxygen atoms in total. The molecule has 21 heavy (non-hydrogen) atoms. The molecule has 0 saturated heterocycles. The van der Waals surface area contributed by atoms with E-state index in [0.29, 0.717) is 16.6 Å². The van der Waals surface area contributed by atoms with Crippen LogP contribution in [0.15, 0.2) is 28.7 Å². The lowest BCUT2D eigenvalue weighted by molar-refractivity contribution is -0.146. The van der Waals surface area contributed by atoms with Gasteiger partial charge < -0.3 is 15.0 Å². The number of hydrogen-bond acceptors (Lipinski definition) is 4. The van der Waals surface area contributed by atoms with Crippen molar-refractivity contribution in [1.29, 1.82) is 0 Å². The standard InChI is InChI=1S/C14H17BrN2O4/c1-3-17(9-13(19)21-2)12(18)8-16-14(20)10-6-4-5-7-11(10)15/h4-7H,3,8-9H2,1-2H3,(H,16,20). The van der Waals surface area contributed by atoms with Gasteiger partial charge in [-0.25, -0.2) is 0 Å². The predicted octanol–water partition coefficient (Wildman–Crippen LogP) is 1.20. The number of ether oxygens (including phenoxy) is 1. The first kappa shape index (κ1) is 17.2. The molecule has 0 spiro atoms. The lowest BCUT2D eigenvalue weighted by Crippen LogP contribution is -2.42. The minimum absolute atomic E-state index is 0.128. The van der Waals surface area contributed by atoms with Crippen LogP contribution in [0, 0.1) is 0 Å². The molecule has 0 atom stereocenters. The summed E-state index contributed by atoms with van der Waals surface area (Å²) in [5, 5.41) is 2.53. The molecule has 1 aromatic carbocycles. The third-order valence-electron chi connectivity index (χ3n) is 2.80. The fraction of sp³-hybridized carbons (Fsp3) is 0.357. The number of esters is 1. The van der Waals surface area contributed by atoms with Crippen molar-refractivity contribution in [3.8, 4) is 0 Å². The van der Waals surface area contributed by atoms with Crippen LogP contribution in [0.3, 0.4) is 0 Å². The molecule has 0 bridgehead atoms. The number of nitrogens with zero attached hydrogens (tertiary/aromatic N) is 1. The number of halogens is 1. The average Bonchev–Trinajstić information content (AvgIpc) is 2.50. The normalized spacial score (nSPS) is 9.86. The van der Waals surface area contributed by atoms with Gasteiger partial charge in [-0.3, -0.25) is 14.4 Å². The van der Waals surface area contributed by atoms with Gasteiger partial charge in [0.25, 0.3) is 5.91 Å². The summed E-state index contributed by atoms with van der Waals surface area (Å²) in [4.78, 5) is 36.4. The van der Waals surface area contributed by atoms with Gasteiger partial charge >= 0.3 is 5.97 Å². The van der Waals surface area contributed by atoms with Gasteiger partial charge in [-0.15, -0.1) is 0 Å². The zero-order chi connectivity index (χ0) is 15.8. The topological polar surface area (TPSA) is 75.7 Å². The number of rotatable bonds is 6. The van der Waals surface area contributed by atoms with Crippen molar-refractivity contribution >= 4 is 33.7 Å². The van der Waals surface area contributed by atoms with Gasteiger partial charge in [0.15, 0.2) is 0 Å². The largest absolute Gasteiger partial charge is 0.468 e. The van der Waals surface area contributed by atoms with E-state index in [2.05, 4.69) is 26.0 Å². The van der Waals surface area contributed by atoms with Crippen molar-refractivity contribution < 1.29 is 19.1 Å². The van der Waals surface area contributed by atoms with E-state index in [1.54, 1.807) is 31.2 Å². The van der Waals surface area contributed by atoms with Crippen LogP contribution in [-0.2, 0) is 14.3 Å². The van der Waals surface area contributed by atoms with Crippen molar-refractivity contribution in [2.75, 3.05) is 26.7 Å². The molecule has 0 aliphatic heterocycles. The van der Waals surface area contributed by atoms with Crippen molar-refractivity contribution in [2.24, 2.45) is 0 Å². The molecule has 0 radical (unpaired) electrons. The predicted molar refractivity (Wildman–Crippen MR) is 80.7 cm³/mol. The summed E-state index contributed by atoms with van der Waals surface area (Å²) in [5.41, 5.74) is 0.446. The maximum Gasteiger partial charge on any atom is 0.325 e. The van der Waals surface area contributed by atoms with E-state index in [-0.39, 0.29) is 24.9 Å². The summed E-state index contributed by atoms with van der Waals surface area (Å²) in [7, 11) is 1.26. The van der Waals surface area contributed by atoms with Crippen molar-refractivity contribution in [2.45, 2.75) is 6.92 Å². The quantitative estimate of drug-likeness (QED) is 0.777. The second-order valence-corrected chi connectivity index (χ2v) is 5.00. The maximum atomic E-state index is 12.0. The zero-order valence-corrected chi connectivity index (χ0v) is 13.5. The van der Waals surface area contributed by atoms with E-state index < -0.39 is 5.97 Å². The average molecular weight is 357 g/mol. The SMILES string of the molecule is CCN(CC(=O)OC)C(=O)CNC(=O)c1ccccc1Br. The van der Waals surface area contributed by atoms with E-state index in [0.717, 1.165) is 0 Å². The van der Waals surface area contributed by atoms with Gasteiger partial charge in [0, 0.05) is 11.0 Å². The Hall–Kier alpha value is -1.89. The number of nitrogens with one attached hydrogen (secondary N) is 1. The van der Waals surface area contributed by atoms with E-state index in [4.69, 9.17) is 0 Å². The molecular weight excluding hydrogens is 340 g/mol. The molecule has 1 aromatic rings. The fourth-order valence-electron chi connectivity index (χ4n) is 1.60. The van der Waals surface area contributed by atoms with E-state index >= 15 is 0 Å². The fourth-order valence-corrected chi connectivity index (χ4v) is 2.07. The highest BCUT2D eigenvalue weighted by atomic mass is 79.9. The Labute approximate surface area is 131 Å². The number of carbonyl (C=O) groups excluding carboxylic acids is 3. The molecular formula is C14H17BrN2O4. The highest BCUT2D eigenvalue weighted by Gasteiger charge is 2.17. The van der Waals surface area contributed by atoms with Crippen LogP contribution >= 0.6 is 15.9 Å². The van der Waals surface area contributed by atoms with Crippen molar-refractivity contribution in [1.82, 2.24) is 10.2 Å². The monoisotopic (exact) mass is 356 g/mol. The van der Waals surface area contributed by atoms with Gasteiger partial charge in [-0.05, 0) is 35.0 Å². The number of hydrogen-bond donors (Lipinski definition) is 1. The number of likely N-dealkylation sites (N-methyl/N-ethyl adjacent to an activating group) is 1. The molecule has 0 heterocycles. The number of benzene rings is 1. The lowest BCUT2D eigenvalue weighted by Gasteiger charge is -2.19. The Bertz CT molecular complexity index is 533. The maximum absolute atomic E-state index is 12.0. The molecule has 0 aliphatic rings. The minimum Gasteiger partial charge on any atom is -0.468 e. The van der Waals surface area contributed by atoms with Gasteiger partial charge in [0.05, 0.1) is 19.2 Å². The Balaban J connectivity index is 2.57. The van der Waals surface area contributed by atoms with Gasteiger partial charge in [0.1, 0.15) is 6.54 Å². The number of carbonyl (C=O) groups is 3. The second-order valence-electron chi connectivity index (χ2n) is 4.15. The number of methoxy groups -OCH3 is 1. The Kier molecular flexibility index (Phi) is 6.87. The summed E-state index contributed by atoms with van der Waals surface area (Å²) in [6.45, 7) is 1.80. The van der Waals surface area contributed by atoms with Crippen LogP contribution in [-0.4, -0.2) is 49.4 Å². The highest BCUT2D eigenvalue weighted by Crippen LogP contribution is 2.15. The molecule has 1 N–H and O–H groups in total. The molecule has 0 unspecified atom stereocenters.